The molecule has 1 heterocycles. The maximum Gasteiger partial charge on any atom is 0.213 e. The van der Waals surface area contributed by atoms with E-state index in [1.54, 1.807) is 18.3 Å². The van der Waals surface area contributed by atoms with E-state index in [0.29, 0.717) is 31.3 Å². The predicted molar refractivity (Wildman–Crippen MR) is 122 cm³/mol. The maximum atomic E-state index is 12.2. The summed E-state index contributed by atoms with van der Waals surface area (Å²) in [6.07, 6.45) is 1.49. The number of rotatable bonds is 7. The van der Waals surface area contributed by atoms with Gasteiger partial charge in [0.1, 0.15) is 0 Å². The fourth-order valence-corrected chi connectivity index (χ4v) is 4.92. The number of nitrogens with zero attached hydrogens (tertiary/aromatic N) is 2. The van der Waals surface area contributed by atoms with E-state index in [1.807, 2.05) is 30.3 Å². The molecular weight excluding hydrogens is 499 g/mol. The quantitative estimate of drug-likeness (QED) is 0.317. The van der Waals surface area contributed by atoms with Gasteiger partial charge in [-0.3, -0.25) is 9.20 Å². The molecule has 1 unspecified atom stereocenters. The molecule has 2 rings (SSSR count). The van der Waals surface area contributed by atoms with Crippen LogP contribution in [0.15, 0.2) is 40.2 Å². The Balaban J connectivity index is 0.00000364. The smallest absolute Gasteiger partial charge is 0.213 e. The summed E-state index contributed by atoms with van der Waals surface area (Å²) in [5, 5.41) is 6.51. The number of aliphatic imine (C=N–C) groups is 1. The average Bonchev–Trinajstić information content (AvgIpc) is 2.68. The second kappa shape index (κ2) is 12.0. The predicted octanol–water partition coefficient (Wildman–Crippen LogP) is 1.39. The zero-order valence-corrected chi connectivity index (χ0v) is 19.7. The second-order valence-corrected chi connectivity index (χ2v) is 9.91. The molecule has 0 amide bonds. The highest BCUT2D eigenvalue weighted by atomic mass is 127. The minimum Gasteiger partial charge on any atom is -0.355 e. The molecule has 10 heteroatoms. The number of guanidine groups is 1. The minimum absolute atomic E-state index is 0. The summed E-state index contributed by atoms with van der Waals surface area (Å²) in [5.41, 5.74) is 0. The van der Waals surface area contributed by atoms with Crippen LogP contribution in [0.3, 0.4) is 0 Å². The summed E-state index contributed by atoms with van der Waals surface area (Å²) >= 11 is 0. The van der Waals surface area contributed by atoms with Crippen LogP contribution in [-0.2, 0) is 20.8 Å². The summed E-state index contributed by atoms with van der Waals surface area (Å²) in [6, 6.07) is 9.58. The molecule has 7 nitrogen and oxygen atoms in total. The number of nitrogens with one attached hydrogen (secondary N) is 2. The van der Waals surface area contributed by atoms with Gasteiger partial charge >= 0.3 is 0 Å². The van der Waals surface area contributed by atoms with Crippen LogP contribution in [-0.4, -0.2) is 67.1 Å². The SMILES string of the molecule is CCS(=O)(=O)N1CCC(NC(=NC)NCCS(=O)c2ccccc2)CC1.I. The van der Waals surface area contributed by atoms with E-state index in [2.05, 4.69) is 15.6 Å². The van der Waals surface area contributed by atoms with Gasteiger partial charge in [-0.05, 0) is 31.9 Å². The largest absolute Gasteiger partial charge is 0.355 e. The Bertz CT molecular complexity index is 721. The summed E-state index contributed by atoms with van der Waals surface area (Å²) in [7, 11) is -2.45. The van der Waals surface area contributed by atoms with Crippen molar-refractivity contribution in [3.8, 4) is 0 Å². The van der Waals surface area contributed by atoms with Crippen LogP contribution < -0.4 is 10.6 Å². The summed E-state index contributed by atoms with van der Waals surface area (Å²) in [6.45, 7) is 3.28. The van der Waals surface area contributed by atoms with Crippen LogP contribution in [0.4, 0.5) is 0 Å². The van der Waals surface area contributed by atoms with Gasteiger partial charge in [0.25, 0.3) is 0 Å². The van der Waals surface area contributed by atoms with Gasteiger partial charge in [0.15, 0.2) is 5.96 Å². The van der Waals surface area contributed by atoms with E-state index in [0.717, 1.165) is 17.7 Å². The van der Waals surface area contributed by atoms with Gasteiger partial charge in [-0.25, -0.2) is 12.7 Å². The fraction of sp³-hybridized carbons (Fsp3) is 0.588. The molecule has 1 atom stereocenters. The molecule has 0 spiro atoms. The Kier molecular flexibility index (Phi) is 10.8. The van der Waals surface area contributed by atoms with Crippen molar-refractivity contribution in [1.29, 1.82) is 0 Å². The van der Waals surface area contributed by atoms with Gasteiger partial charge < -0.3 is 10.6 Å². The Morgan fingerprint density at radius 2 is 1.89 bits per heavy atom. The van der Waals surface area contributed by atoms with Crippen LogP contribution >= 0.6 is 24.0 Å². The normalized spacial score (nSPS) is 17.8. The third-order valence-electron chi connectivity index (χ3n) is 4.36. The van der Waals surface area contributed by atoms with E-state index < -0.39 is 20.8 Å². The van der Waals surface area contributed by atoms with Crippen LogP contribution in [0.2, 0.25) is 0 Å². The molecule has 1 aromatic carbocycles. The lowest BCUT2D eigenvalue weighted by atomic mass is 10.1. The van der Waals surface area contributed by atoms with E-state index in [4.69, 9.17) is 0 Å². The Morgan fingerprint density at radius 3 is 2.44 bits per heavy atom. The number of hydrogen-bond donors (Lipinski definition) is 2. The van der Waals surface area contributed by atoms with Gasteiger partial charge in [-0.2, -0.15) is 0 Å². The molecule has 1 aromatic rings. The molecule has 0 radical (unpaired) electrons. The van der Waals surface area contributed by atoms with Crippen molar-refractivity contribution >= 4 is 50.8 Å². The molecule has 1 saturated heterocycles. The zero-order chi connectivity index (χ0) is 19.0. The first-order valence-electron chi connectivity index (χ1n) is 8.84. The molecule has 27 heavy (non-hydrogen) atoms. The lowest BCUT2D eigenvalue weighted by molar-refractivity contribution is 0.306. The van der Waals surface area contributed by atoms with Gasteiger partial charge in [0.2, 0.25) is 10.0 Å². The van der Waals surface area contributed by atoms with E-state index >= 15 is 0 Å². The third kappa shape index (κ3) is 7.66. The lowest BCUT2D eigenvalue weighted by Gasteiger charge is -2.32. The fourth-order valence-electron chi connectivity index (χ4n) is 2.80. The Labute approximate surface area is 181 Å². The van der Waals surface area contributed by atoms with E-state index in [1.165, 1.54) is 0 Å². The highest BCUT2D eigenvalue weighted by molar-refractivity contribution is 14.0. The molecule has 0 aromatic heterocycles. The van der Waals surface area contributed by atoms with Crippen molar-refractivity contribution in [1.82, 2.24) is 14.9 Å². The first-order chi connectivity index (χ1) is 12.5. The van der Waals surface area contributed by atoms with Crippen molar-refractivity contribution in [2.75, 3.05) is 38.2 Å². The summed E-state index contributed by atoms with van der Waals surface area (Å²) < 4.78 is 37.6. The van der Waals surface area contributed by atoms with Gasteiger partial charge in [-0.15, -0.1) is 24.0 Å². The van der Waals surface area contributed by atoms with Crippen molar-refractivity contribution in [2.45, 2.75) is 30.7 Å². The number of benzene rings is 1. The molecule has 1 fully saturated rings. The molecule has 2 N–H and O–H groups in total. The van der Waals surface area contributed by atoms with Crippen LogP contribution in [0, 0.1) is 0 Å². The summed E-state index contributed by atoms with van der Waals surface area (Å²) in [4.78, 5) is 5.02. The maximum absolute atomic E-state index is 12.2. The molecule has 0 aliphatic carbocycles. The lowest BCUT2D eigenvalue weighted by Crippen LogP contribution is -2.50. The van der Waals surface area contributed by atoms with Crippen LogP contribution in [0.5, 0.6) is 0 Å². The molecular formula is C17H29IN4O3S2. The molecule has 0 saturated carbocycles. The number of halogens is 1. The van der Waals surface area contributed by atoms with Gasteiger partial charge in [0, 0.05) is 43.4 Å². The molecule has 1 aliphatic heterocycles. The topological polar surface area (TPSA) is 90.9 Å². The van der Waals surface area contributed by atoms with Crippen molar-refractivity contribution in [2.24, 2.45) is 4.99 Å². The first kappa shape index (κ1) is 24.3. The monoisotopic (exact) mass is 528 g/mol. The first-order valence-corrected chi connectivity index (χ1v) is 11.8. The standard InChI is InChI=1S/C17H28N4O3S2.HI/c1-3-26(23,24)21-12-9-15(10-13-21)20-17(18-2)19-11-14-25(22)16-7-5-4-6-8-16;/h4-8,15H,3,9-14H2,1-2H3,(H2,18,19,20);1H. The Hall–Kier alpha value is -0.720. The van der Waals surface area contributed by atoms with Gasteiger partial charge in [0.05, 0.1) is 16.6 Å². The Morgan fingerprint density at radius 1 is 1.26 bits per heavy atom. The van der Waals surface area contributed by atoms with Gasteiger partial charge in [-0.1, -0.05) is 18.2 Å². The number of sulfonamides is 1. The third-order valence-corrected chi connectivity index (χ3v) is 7.62. The highest BCUT2D eigenvalue weighted by Gasteiger charge is 2.26. The van der Waals surface area contributed by atoms with Crippen LogP contribution in [0.25, 0.3) is 0 Å². The number of hydrogen-bond acceptors (Lipinski definition) is 4. The van der Waals surface area contributed by atoms with Crippen molar-refractivity contribution < 1.29 is 12.6 Å². The van der Waals surface area contributed by atoms with Crippen molar-refractivity contribution in [3.63, 3.8) is 0 Å². The van der Waals surface area contributed by atoms with Crippen LogP contribution in [0.1, 0.15) is 19.8 Å². The minimum atomic E-state index is -3.10. The molecule has 0 bridgehead atoms. The number of piperidine rings is 1. The second-order valence-electron chi connectivity index (χ2n) is 6.08. The van der Waals surface area contributed by atoms with E-state index in [9.17, 15) is 12.6 Å². The zero-order valence-electron chi connectivity index (χ0n) is 15.8. The molecule has 154 valence electrons. The highest BCUT2D eigenvalue weighted by Crippen LogP contribution is 2.14. The van der Waals surface area contributed by atoms with E-state index in [-0.39, 0.29) is 35.8 Å². The molecule has 1 aliphatic rings. The summed E-state index contributed by atoms with van der Waals surface area (Å²) in [5.74, 6) is 1.30. The average molecular weight is 528 g/mol. The van der Waals surface area contributed by atoms with Crippen molar-refractivity contribution in [3.05, 3.63) is 30.3 Å².